The van der Waals surface area contributed by atoms with Gasteiger partial charge in [0, 0.05) is 36.7 Å². The summed E-state index contributed by atoms with van der Waals surface area (Å²) >= 11 is 14.4. The molecule has 3 fully saturated rings. The Balaban J connectivity index is 1.30. The first kappa shape index (κ1) is 30.9. The first-order chi connectivity index (χ1) is 22.4. The van der Waals surface area contributed by atoms with E-state index in [9.17, 15) is 34.4 Å². The van der Waals surface area contributed by atoms with Crippen LogP contribution in [0.15, 0.2) is 84.4 Å². The Morgan fingerprint density at radius 3 is 2.40 bits per heavy atom. The molecule has 3 aromatic rings. The van der Waals surface area contributed by atoms with Crippen LogP contribution in [0.3, 0.4) is 0 Å². The molecule has 47 heavy (non-hydrogen) atoms. The molecule has 7 rings (SSSR count). The number of nitro benzene ring substituents is 1. The van der Waals surface area contributed by atoms with Gasteiger partial charge >= 0.3 is 0 Å². The number of carbonyl (C=O) groups excluding carboxylic acids is 4. The molecule has 0 aromatic heterocycles. The summed E-state index contributed by atoms with van der Waals surface area (Å²) in [6.45, 7) is 0.235. The van der Waals surface area contributed by atoms with E-state index in [0.717, 1.165) is 21.4 Å². The summed E-state index contributed by atoms with van der Waals surface area (Å²) in [6.07, 6.45) is 1.62. The van der Waals surface area contributed by atoms with Crippen molar-refractivity contribution < 1.29 is 33.9 Å². The number of hydrogen-bond acceptors (Lipinski definition) is 8. The third-order valence-electron chi connectivity index (χ3n) is 9.87. The molecule has 4 aliphatic rings. The number of fused-ring (bicyclic) bond motifs is 4. The van der Waals surface area contributed by atoms with Crippen LogP contribution in [0.4, 0.5) is 11.4 Å². The summed E-state index contributed by atoms with van der Waals surface area (Å²) < 4.78 is 5.88. The molecule has 1 saturated carbocycles. The van der Waals surface area contributed by atoms with Crippen molar-refractivity contribution in [1.82, 2.24) is 4.90 Å². The predicted octanol–water partition coefficient (Wildman–Crippen LogP) is 5.07. The Hall–Kier alpha value is -4.74. The molecule has 13 heteroatoms. The van der Waals surface area contributed by atoms with E-state index in [1.807, 2.05) is 30.3 Å². The number of alkyl halides is 2. The van der Waals surface area contributed by atoms with E-state index in [0.29, 0.717) is 11.3 Å². The average molecular weight is 677 g/mol. The number of nitro groups is 1. The van der Waals surface area contributed by atoms with Crippen molar-refractivity contribution in [2.24, 2.45) is 17.8 Å². The number of benzene rings is 3. The molecule has 4 amide bonds. The second-order valence-corrected chi connectivity index (χ2v) is 13.5. The van der Waals surface area contributed by atoms with Gasteiger partial charge < -0.3 is 9.84 Å². The lowest BCUT2D eigenvalue weighted by atomic mass is 9.56. The molecule has 2 aliphatic heterocycles. The molecule has 2 aliphatic carbocycles. The van der Waals surface area contributed by atoms with Gasteiger partial charge in [-0.25, -0.2) is 4.90 Å². The van der Waals surface area contributed by atoms with Crippen LogP contribution in [0.1, 0.15) is 29.9 Å². The summed E-state index contributed by atoms with van der Waals surface area (Å²) in [7, 11) is 1.28. The van der Waals surface area contributed by atoms with Crippen LogP contribution < -0.4 is 9.64 Å². The van der Waals surface area contributed by atoms with E-state index in [1.54, 1.807) is 18.2 Å². The zero-order valence-corrected chi connectivity index (χ0v) is 26.4. The Labute approximate surface area is 278 Å². The smallest absolute Gasteiger partial charge is 0.271 e. The van der Waals surface area contributed by atoms with Crippen molar-refractivity contribution in [2.75, 3.05) is 11.9 Å². The number of anilines is 1. The second kappa shape index (κ2) is 10.9. The van der Waals surface area contributed by atoms with Gasteiger partial charge in [0.05, 0.1) is 22.4 Å². The van der Waals surface area contributed by atoms with Crippen molar-refractivity contribution in [3.8, 4) is 11.5 Å². The lowest BCUT2D eigenvalue weighted by molar-refractivity contribution is -0.384. The summed E-state index contributed by atoms with van der Waals surface area (Å²) in [4.78, 5) is 63.9. The molecule has 0 spiro atoms. The number of non-ortho nitro benzene ring substituents is 1. The molecule has 3 aromatic carbocycles. The maximum atomic E-state index is 14.1. The molecule has 6 unspecified atom stereocenters. The molecule has 6 atom stereocenters. The third-order valence-corrected chi connectivity index (χ3v) is 11.3. The monoisotopic (exact) mass is 675 g/mol. The third kappa shape index (κ3) is 4.40. The zero-order valence-electron chi connectivity index (χ0n) is 24.8. The number of carbonyl (C=O) groups is 4. The van der Waals surface area contributed by atoms with E-state index in [-0.39, 0.29) is 42.1 Å². The minimum atomic E-state index is -2.06. The van der Waals surface area contributed by atoms with E-state index in [1.165, 1.54) is 31.3 Å². The van der Waals surface area contributed by atoms with Gasteiger partial charge in [0.25, 0.3) is 17.5 Å². The van der Waals surface area contributed by atoms with Crippen LogP contribution >= 0.6 is 23.2 Å². The number of rotatable bonds is 6. The Morgan fingerprint density at radius 1 is 0.957 bits per heavy atom. The molecular weight excluding hydrogens is 649 g/mol. The number of hydrogen-bond donors (Lipinski definition) is 1. The molecule has 1 N–H and O–H groups in total. The quantitative estimate of drug-likeness (QED) is 0.125. The fourth-order valence-electron chi connectivity index (χ4n) is 7.69. The number of likely N-dealkylation sites (tertiary alicyclic amines) is 1. The normalized spacial score (nSPS) is 29.7. The Bertz CT molecular complexity index is 1920. The first-order valence-corrected chi connectivity index (χ1v) is 15.7. The van der Waals surface area contributed by atoms with Crippen LogP contribution in [-0.2, 0) is 25.8 Å². The topological polar surface area (TPSA) is 147 Å². The average Bonchev–Trinajstić information content (AvgIpc) is 3.39. The highest BCUT2D eigenvalue weighted by Crippen LogP contribution is 2.66. The van der Waals surface area contributed by atoms with Crippen molar-refractivity contribution in [3.05, 3.63) is 106 Å². The first-order valence-electron chi connectivity index (χ1n) is 14.9. The van der Waals surface area contributed by atoms with Gasteiger partial charge in [-0.2, -0.15) is 0 Å². The molecule has 2 saturated heterocycles. The van der Waals surface area contributed by atoms with Crippen LogP contribution in [0, 0.1) is 27.9 Å². The van der Waals surface area contributed by atoms with Gasteiger partial charge in [-0.05, 0) is 36.5 Å². The van der Waals surface area contributed by atoms with Crippen molar-refractivity contribution in [1.29, 1.82) is 0 Å². The summed E-state index contributed by atoms with van der Waals surface area (Å²) in [6, 6.07) is 19.2. The van der Waals surface area contributed by atoms with Gasteiger partial charge in [0.2, 0.25) is 11.8 Å². The Morgan fingerprint density at radius 2 is 1.70 bits per heavy atom. The number of amides is 4. The predicted molar refractivity (Wildman–Crippen MR) is 170 cm³/mol. The van der Waals surface area contributed by atoms with E-state index in [4.69, 9.17) is 27.9 Å². The number of imide groups is 2. The summed E-state index contributed by atoms with van der Waals surface area (Å²) in [5.74, 6) is -6.36. The molecular formula is C34H27Cl2N3O8. The van der Waals surface area contributed by atoms with Gasteiger partial charge in [-0.1, -0.05) is 54.1 Å². The highest BCUT2D eigenvalue weighted by molar-refractivity contribution is 6.53. The number of halogens is 2. The van der Waals surface area contributed by atoms with Gasteiger partial charge in [-0.15, -0.1) is 23.2 Å². The van der Waals surface area contributed by atoms with E-state index >= 15 is 0 Å². The van der Waals surface area contributed by atoms with Crippen molar-refractivity contribution >= 4 is 58.2 Å². The largest absolute Gasteiger partial charge is 0.508 e. The number of allylic oxidation sites excluding steroid dienone is 2. The number of ether oxygens (including phenoxy) is 1. The fourth-order valence-corrected chi connectivity index (χ4v) is 8.70. The van der Waals surface area contributed by atoms with Crippen LogP contribution in [0.5, 0.6) is 11.5 Å². The van der Waals surface area contributed by atoms with Gasteiger partial charge in [0.1, 0.15) is 18.1 Å². The highest BCUT2D eigenvalue weighted by Gasteiger charge is 2.76. The fraction of sp³-hybridized carbons (Fsp3) is 0.294. The number of aromatic hydroxyl groups is 1. The second-order valence-electron chi connectivity index (χ2n) is 12.3. The van der Waals surface area contributed by atoms with E-state index < -0.39 is 62.0 Å². The van der Waals surface area contributed by atoms with Gasteiger partial charge in [-0.3, -0.25) is 34.2 Å². The molecule has 240 valence electrons. The SMILES string of the molecule is CN1C(=O)C2(Cl)CC3C(=CCC4C(=O)N(c5cccc([N+](=O)[O-])c5)C(=O)C43)C(c3ccc(OCc4ccccc4)cc3O)C2(Cl)C1=O. The zero-order chi connectivity index (χ0) is 33.4. The molecule has 2 heterocycles. The van der Waals surface area contributed by atoms with Gasteiger partial charge in [0.15, 0.2) is 9.75 Å². The number of nitrogens with zero attached hydrogens (tertiary/aromatic N) is 3. The van der Waals surface area contributed by atoms with Crippen molar-refractivity contribution in [3.63, 3.8) is 0 Å². The summed E-state index contributed by atoms with van der Waals surface area (Å²) in [5, 5.41) is 22.8. The molecule has 11 nitrogen and oxygen atoms in total. The van der Waals surface area contributed by atoms with Crippen LogP contribution in [0.2, 0.25) is 0 Å². The molecule has 0 radical (unpaired) electrons. The van der Waals surface area contributed by atoms with Crippen LogP contribution in [-0.4, -0.2) is 55.4 Å². The maximum Gasteiger partial charge on any atom is 0.271 e. The minimum absolute atomic E-state index is 0.0559. The standard InChI is InChI=1S/C34H27Cl2N3O8/c1-37-31(43)33(35)16-25-22(12-13-24-27(25)30(42)38(29(24)41)19-8-5-9-20(14-19)39(45)46)28(34(33,36)32(37)44)23-11-10-21(15-26(23)40)47-17-18-6-3-2-4-7-18/h2-12,14-15,24-25,27-28,40H,13,16-17H2,1H3. The Kier molecular flexibility index (Phi) is 7.18. The highest BCUT2D eigenvalue weighted by atomic mass is 35.5. The minimum Gasteiger partial charge on any atom is -0.508 e. The van der Waals surface area contributed by atoms with E-state index in [2.05, 4.69) is 0 Å². The summed E-state index contributed by atoms with van der Waals surface area (Å²) in [5.41, 5.74) is 1.39. The van der Waals surface area contributed by atoms with Crippen LogP contribution in [0.25, 0.3) is 0 Å². The lowest BCUT2D eigenvalue weighted by Gasteiger charge is -2.50. The molecule has 0 bridgehead atoms. The number of phenolic OH excluding ortho intramolecular Hbond substituents is 1. The number of phenols is 1. The lowest BCUT2D eigenvalue weighted by Crippen LogP contribution is -2.60. The maximum absolute atomic E-state index is 14.1. The van der Waals surface area contributed by atoms with Crippen molar-refractivity contribution in [2.45, 2.75) is 35.1 Å².